The number of benzene rings is 2. The number of aliphatic carboxylic acids is 1. The maximum absolute atomic E-state index is 14.0. The maximum atomic E-state index is 14.0. The van der Waals surface area contributed by atoms with Crippen LogP contribution in [0, 0.1) is 19.7 Å². The molecule has 0 aromatic heterocycles. The molecule has 3 N–H and O–H groups in total. The lowest BCUT2D eigenvalue weighted by molar-refractivity contribution is -0.142. The first-order valence-electron chi connectivity index (χ1n) is 9.27. The Morgan fingerprint density at radius 2 is 1.66 bits per heavy atom. The van der Waals surface area contributed by atoms with Crippen molar-refractivity contribution in [2.45, 2.75) is 45.7 Å². The molecule has 0 heterocycles. The zero-order valence-corrected chi connectivity index (χ0v) is 16.7. The molecule has 0 fully saturated rings. The number of hydrogen-bond donors (Lipinski definition) is 3. The quantitative estimate of drug-likeness (QED) is 0.634. The third kappa shape index (κ3) is 6.41. The van der Waals surface area contributed by atoms with E-state index in [1.807, 2.05) is 32.0 Å². The second kappa shape index (κ2) is 9.82. The molecule has 0 aliphatic rings. The summed E-state index contributed by atoms with van der Waals surface area (Å²) in [6.07, 6.45) is 0.00273. The number of carboxylic acids is 1. The van der Waals surface area contributed by atoms with E-state index in [1.54, 1.807) is 6.07 Å². The lowest BCUT2D eigenvalue weighted by Gasteiger charge is -2.21. The second-order valence-corrected chi connectivity index (χ2v) is 7.07. The second-order valence-electron chi connectivity index (χ2n) is 7.07. The van der Waals surface area contributed by atoms with Gasteiger partial charge in [0.25, 0.3) is 0 Å². The molecule has 0 unspecified atom stereocenters. The van der Waals surface area contributed by atoms with Crippen molar-refractivity contribution in [1.82, 2.24) is 10.6 Å². The molecule has 154 valence electrons. The molecular weight excluding hydrogens is 375 g/mol. The summed E-state index contributed by atoms with van der Waals surface area (Å²) < 4.78 is 14.0. The highest BCUT2D eigenvalue weighted by Gasteiger charge is 2.27. The van der Waals surface area contributed by atoms with E-state index in [0.29, 0.717) is 0 Å². The third-order valence-corrected chi connectivity index (χ3v) is 4.70. The Balaban J connectivity index is 2.17. The molecule has 29 heavy (non-hydrogen) atoms. The molecule has 2 rings (SSSR count). The first-order valence-corrected chi connectivity index (χ1v) is 9.27. The van der Waals surface area contributed by atoms with Gasteiger partial charge >= 0.3 is 5.97 Å². The van der Waals surface area contributed by atoms with Crippen LogP contribution in [0.15, 0.2) is 42.5 Å². The molecule has 2 aromatic carbocycles. The standard InChI is InChI=1S/C22H25FN2O4/c1-13-8-9-16(10-14(13)2)11-20(22(28)29)25-21(27)19(24-15(3)26)12-17-6-4-5-7-18(17)23/h4-10,19-20H,11-12H2,1-3H3,(H,24,26)(H,25,27)(H,28,29)/t19-,20+/m0/s1. The molecule has 7 heteroatoms. The van der Waals surface area contributed by atoms with Crippen LogP contribution in [0.25, 0.3) is 0 Å². The lowest BCUT2D eigenvalue weighted by atomic mass is 10.00. The summed E-state index contributed by atoms with van der Waals surface area (Å²) in [5.41, 5.74) is 3.13. The summed E-state index contributed by atoms with van der Waals surface area (Å²) >= 11 is 0. The van der Waals surface area contributed by atoms with E-state index in [-0.39, 0.29) is 18.4 Å². The molecule has 0 radical (unpaired) electrons. The number of hydrogen-bond acceptors (Lipinski definition) is 3. The van der Waals surface area contributed by atoms with E-state index in [4.69, 9.17) is 0 Å². The van der Waals surface area contributed by atoms with E-state index >= 15 is 0 Å². The summed E-state index contributed by atoms with van der Waals surface area (Å²) in [6, 6.07) is 9.24. The fraction of sp³-hybridized carbons (Fsp3) is 0.318. The molecule has 2 aromatic rings. The Labute approximate surface area is 169 Å². The summed E-state index contributed by atoms with van der Waals surface area (Å²) in [5.74, 6) is -2.84. The van der Waals surface area contributed by atoms with Gasteiger partial charge in [0.05, 0.1) is 0 Å². The lowest BCUT2D eigenvalue weighted by Crippen LogP contribution is -2.52. The van der Waals surface area contributed by atoms with Crippen LogP contribution >= 0.6 is 0 Å². The topological polar surface area (TPSA) is 95.5 Å². The number of amides is 2. The van der Waals surface area contributed by atoms with E-state index in [2.05, 4.69) is 10.6 Å². The molecule has 0 aliphatic carbocycles. The molecule has 0 saturated heterocycles. The zero-order valence-electron chi connectivity index (χ0n) is 16.7. The zero-order chi connectivity index (χ0) is 21.6. The van der Waals surface area contributed by atoms with E-state index in [9.17, 15) is 23.9 Å². The van der Waals surface area contributed by atoms with Gasteiger partial charge in [-0.1, -0.05) is 36.4 Å². The van der Waals surface area contributed by atoms with Crippen molar-refractivity contribution in [3.8, 4) is 0 Å². The van der Waals surface area contributed by atoms with Gasteiger partial charge in [-0.25, -0.2) is 9.18 Å². The Bertz CT molecular complexity index is 913. The van der Waals surface area contributed by atoms with Crippen molar-refractivity contribution >= 4 is 17.8 Å². The third-order valence-electron chi connectivity index (χ3n) is 4.70. The average molecular weight is 400 g/mol. The van der Waals surface area contributed by atoms with Gasteiger partial charge in [-0.05, 0) is 42.2 Å². The van der Waals surface area contributed by atoms with Gasteiger partial charge in [0, 0.05) is 19.8 Å². The van der Waals surface area contributed by atoms with Crippen LogP contribution < -0.4 is 10.6 Å². The number of nitrogens with one attached hydrogen (secondary N) is 2. The van der Waals surface area contributed by atoms with Crippen molar-refractivity contribution in [1.29, 1.82) is 0 Å². The van der Waals surface area contributed by atoms with Crippen molar-refractivity contribution in [2.24, 2.45) is 0 Å². The van der Waals surface area contributed by atoms with Crippen molar-refractivity contribution in [3.05, 3.63) is 70.5 Å². The number of halogens is 1. The number of carboxylic acid groups (broad SMARTS) is 1. The van der Waals surface area contributed by atoms with Gasteiger partial charge in [0.15, 0.2) is 0 Å². The van der Waals surface area contributed by atoms with Gasteiger partial charge < -0.3 is 15.7 Å². The summed E-state index contributed by atoms with van der Waals surface area (Å²) in [7, 11) is 0. The number of aryl methyl sites for hydroxylation is 2. The molecule has 0 aliphatic heterocycles. The highest BCUT2D eigenvalue weighted by atomic mass is 19.1. The Hall–Kier alpha value is -3.22. The predicted octanol–water partition coefficient (Wildman–Crippen LogP) is 2.30. The monoisotopic (exact) mass is 400 g/mol. The van der Waals surface area contributed by atoms with E-state index in [1.165, 1.54) is 25.1 Å². The highest BCUT2D eigenvalue weighted by molar-refractivity contribution is 5.90. The van der Waals surface area contributed by atoms with E-state index < -0.39 is 35.7 Å². The molecule has 0 bridgehead atoms. The van der Waals surface area contributed by atoms with Gasteiger partial charge in [-0.2, -0.15) is 0 Å². The van der Waals surface area contributed by atoms with Crippen molar-refractivity contribution in [2.75, 3.05) is 0 Å². The fourth-order valence-corrected chi connectivity index (χ4v) is 2.98. The predicted molar refractivity (Wildman–Crippen MR) is 107 cm³/mol. The Morgan fingerprint density at radius 1 is 0.966 bits per heavy atom. The smallest absolute Gasteiger partial charge is 0.326 e. The van der Waals surface area contributed by atoms with Crippen LogP contribution in [0.3, 0.4) is 0 Å². The summed E-state index contributed by atoms with van der Waals surface area (Å²) in [5, 5.41) is 14.5. The molecule has 6 nitrogen and oxygen atoms in total. The van der Waals surface area contributed by atoms with Gasteiger partial charge in [0.2, 0.25) is 11.8 Å². The van der Waals surface area contributed by atoms with E-state index in [0.717, 1.165) is 16.7 Å². The Morgan fingerprint density at radius 3 is 2.24 bits per heavy atom. The summed E-state index contributed by atoms with van der Waals surface area (Å²) in [4.78, 5) is 35.9. The molecule has 0 saturated carbocycles. The SMILES string of the molecule is CC(=O)N[C@@H](Cc1ccccc1F)C(=O)N[C@H](Cc1ccc(C)c(C)c1)C(=O)O. The van der Waals surface area contributed by atoms with Crippen LogP contribution in [0.1, 0.15) is 29.2 Å². The minimum atomic E-state index is -1.19. The van der Waals surface area contributed by atoms with Crippen LogP contribution in [-0.4, -0.2) is 35.0 Å². The normalized spacial score (nSPS) is 12.7. The molecule has 2 atom stereocenters. The van der Waals surface area contributed by atoms with Gasteiger partial charge in [-0.15, -0.1) is 0 Å². The molecule has 0 spiro atoms. The fourth-order valence-electron chi connectivity index (χ4n) is 2.98. The first-order chi connectivity index (χ1) is 13.7. The van der Waals surface area contributed by atoms with Crippen LogP contribution in [-0.2, 0) is 27.2 Å². The summed E-state index contributed by atoms with van der Waals surface area (Å²) in [6.45, 7) is 5.12. The first kappa shape index (κ1) is 22.1. The molecular formula is C22H25FN2O4. The van der Waals surface area contributed by atoms with Crippen LogP contribution in [0.5, 0.6) is 0 Å². The average Bonchev–Trinajstić information content (AvgIpc) is 2.64. The number of carbonyl (C=O) groups is 3. The van der Waals surface area contributed by atoms with Gasteiger partial charge in [0.1, 0.15) is 17.9 Å². The number of carbonyl (C=O) groups excluding carboxylic acids is 2. The minimum Gasteiger partial charge on any atom is -0.480 e. The maximum Gasteiger partial charge on any atom is 0.326 e. The van der Waals surface area contributed by atoms with Crippen LogP contribution in [0.2, 0.25) is 0 Å². The molecule has 2 amide bonds. The number of rotatable bonds is 8. The van der Waals surface area contributed by atoms with Gasteiger partial charge in [-0.3, -0.25) is 9.59 Å². The van der Waals surface area contributed by atoms with Crippen molar-refractivity contribution < 1.29 is 23.9 Å². The minimum absolute atomic E-state index is 0.0892. The Kier molecular flexibility index (Phi) is 7.47. The van der Waals surface area contributed by atoms with Crippen molar-refractivity contribution in [3.63, 3.8) is 0 Å². The largest absolute Gasteiger partial charge is 0.480 e. The highest BCUT2D eigenvalue weighted by Crippen LogP contribution is 2.13. The van der Waals surface area contributed by atoms with Crippen LogP contribution in [0.4, 0.5) is 4.39 Å².